The van der Waals surface area contributed by atoms with Crippen LogP contribution in [-0.4, -0.2) is 9.97 Å². The van der Waals surface area contributed by atoms with Gasteiger partial charge in [-0.05, 0) is 13.8 Å². The normalized spacial score (nSPS) is 13.0. The first-order chi connectivity index (χ1) is 7.15. The van der Waals surface area contributed by atoms with Gasteiger partial charge in [0.2, 0.25) is 0 Å². The summed E-state index contributed by atoms with van der Waals surface area (Å²) in [6, 6.07) is 0.0213. The summed E-state index contributed by atoms with van der Waals surface area (Å²) in [5, 5.41) is 6.31. The van der Waals surface area contributed by atoms with Crippen LogP contribution in [0.4, 0.5) is 0 Å². The number of thiazole rings is 2. The van der Waals surface area contributed by atoms with Crippen molar-refractivity contribution in [2.45, 2.75) is 26.3 Å². The molecule has 2 heterocycles. The van der Waals surface area contributed by atoms with Crippen LogP contribution < -0.4 is 5.73 Å². The van der Waals surface area contributed by atoms with Gasteiger partial charge in [-0.2, -0.15) is 0 Å². The molecule has 2 aromatic rings. The lowest BCUT2D eigenvalue weighted by atomic mass is 10.3. The van der Waals surface area contributed by atoms with Crippen LogP contribution in [0.3, 0.4) is 0 Å². The zero-order valence-corrected chi connectivity index (χ0v) is 10.4. The molecule has 1 unspecified atom stereocenters. The van der Waals surface area contributed by atoms with Gasteiger partial charge in [0.25, 0.3) is 0 Å². The summed E-state index contributed by atoms with van der Waals surface area (Å²) >= 11 is 3.34. The van der Waals surface area contributed by atoms with E-state index in [9.17, 15) is 0 Å². The van der Waals surface area contributed by atoms with Crippen molar-refractivity contribution in [1.29, 1.82) is 0 Å². The number of aromatic nitrogens is 2. The van der Waals surface area contributed by atoms with Gasteiger partial charge in [-0.25, -0.2) is 9.97 Å². The van der Waals surface area contributed by atoms with Crippen molar-refractivity contribution >= 4 is 22.7 Å². The molecule has 0 radical (unpaired) electrons. The Kier molecular flexibility index (Phi) is 3.14. The van der Waals surface area contributed by atoms with E-state index in [2.05, 4.69) is 15.3 Å². The van der Waals surface area contributed by atoms with Gasteiger partial charge in [-0.15, -0.1) is 22.7 Å². The van der Waals surface area contributed by atoms with E-state index in [0.717, 1.165) is 27.8 Å². The van der Waals surface area contributed by atoms with Crippen LogP contribution in [0.25, 0.3) is 0 Å². The van der Waals surface area contributed by atoms with Crippen LogP contribution in [0.2, 0.25) is 0 Å². The molecule has 0 saturated carbocycles. The van der Waals surface area contributed by atoms with Gasteiger partial charge in [0.15, 0.2) is 0 Å². The second kappa shape index (κ2) is 4.38. The zero-order valence-electron chi connectivity index (χ0n) is 8.73. The second-order valence-electron chi connectivity index (χ2n) is 3.51. The fourth-order valence-electron chi connectivity index (χ4n) is 1.23. The van der Waals surface area contributed by atoms with E-state index in [1.165, 1.54) is 0 Å². The predicted octanol–water partition coefficient (Wildman–Crippen LogP) is 2.52. The fourth-order valence-corrected chi connectivity index (χ4v) is 3.00. The van der Waals surface area contributed by atoms with Crippen molar-refractivity contribution in [1.82, 2.24) is 9.97 Å². The molecule has 3 nitrogen and oxygen atoms in total. The maximum Gasteiger partial charge on any atom is 0.0997 e. The van der Waals surface area contributed by atoms with E-state index < -0.39 is 0 Å². The van der Waals surface area contributed by atoms with Gasteiger partial charge in [0, 0.05) is 22.5 Å². The number of hydrogen-bond acceptors (Lipinski definition) is 5. The molecular formula is C10H13N3S2. The maximum absolute atomic E-state index is 5.76. The number of hydrogen-bond donors (Lipinski definition) is 1. The maximum atomic E-state index is 5.76. The Morgan fingerprint density at radius 2 is 1.93 bits per heavy atom. The van der Waals surface area contributed by atoms with Crippen LogP contribution >= 0.6 is 22.7 Å². The molecule has 0 aromatic carbocycles. The third kappa shape index (κ3) is 2.62. The quantitative estimate of drug-likeness (QED) is 0.895. The molecule has 2 N–H and O–H groups in total. The molecule has 2 rings (SSSR count). The molecule has 0 amide bonds. The number of rotatable bonds is 3. The highest BCUT2D eigenvalue weighted by Gasteiger charge is 2.08. The van der Waals surface area contributed by atoms with E-state index in [1.807, 2.05) is 19.2 Å². The Hall–Kier alpha value is -0.780. The van der Waals surface area contributed by atoms with E-state index >= 15 is 0 Å². The van der Waals surface area contributed by atoms with Crippen LogP contribution in [0.15, 0.2) is 10.8 Å². The van der Waals surface area contributed by atoms with Crippen molar-refractivity contribution in [2.75, 3.05) is 0 Å². The number of nitrogens with two attached hydrogens (primary N) is 1. The van der Waals surface area contributed by atoms with Gasteiger partial charge in [-0.1, -0.05) is 0 Å². The number of aryl methyl sites for hydroxylation is 1. The SMILES string of the molecule is Cc1csc(Cc2nc(C(C)N)cs2)n1. The molecule has 0 aliphatic rings. The highest BCUT2D eigenvalue weighted by Crippen LogP contribution is 2.19. The first-order valence-electron chi connectivity index (χ1n) is 4.76. The summed E-state index contributed by atoms with van der Waals surface area (Å²) < 4.78 is 0. The minimum absolute atomic E-state index is 0.0213. The second-order valence-corrected chi connectivity index (χ2v) is 5.40. The van der Waals surface area contributed by atoms with Crippen molar-refractivity contribution in [2.24, 2.45) is 5.73 Å². The lowest BCUT2D eigenvalue weighted by Crippen LogP contribution is -2.05. The monoisotopic (exact) mass is 239 g/mol. The minimum atomic E-state index is 0.0213. The number of nitrogens with zero attached hydrogens (tertiary/aromatic N) is 2. The summed E-state index contributed by atoms with van der Waals surface area (Å²) in [6.45, 7) is 3.96. The summed E-state index contributed by atoms with van der Waals surface area (Å²) in [6.07, 6.45) is 0.829. The summed E-state index contributed by atoms with van der Waals surface area (Å²) in [5.41, 5.74) is 7.81. The van der Waals surface area contributed by atoms with Crippen LogP contribution in [-0.2, 0) is 6.42 Å². The van der Waals surface area contributed by atoms with Crippen LogP contribution in [0, 0.1) is 6.92 Å². The van der Waals surface area contributed by atoms with Crippen LogP contribution in [0.1, 0.15) is 34.4 Å². The van der Waals surface area contributed by atoms with E-state index in [4.69, 9.17) is 5.73 Å². The van der Waals surface area contributed by atoms with Crippen molar-refractivity contribution < 1.29 is 0 Å². The molecule has 0 aliphatic carbocycles. The summed E-state index contributed by atoms with van der Waals surface area (Å²) in [5.74, 6) is 0. The Bertz CT molecular complexity index is 445. The van der Waals surface area contributed by atoms with E-state index in [1.54, 1.807) is 22.7 Å². The summed E-state index contributed by atoms with van der Waals surface area (Å²) in [4.78, 5) is 8.89. The zero-order chi connectivity index (χ0) is 10.8. The molecule has 0 fully saturated rings. The third-order valence-electron chi connectivity index (χ3n) is 2.01. The van der Waals surface area contributed by atoms with E-state index in [0.29, 0.717) is 0 Å². The Labute approximate surface area is 97.0 Å². The topological polar surface area (TPSA) is 51.8 Å². The smallest absolute Gasteiger partial charge is 0.0997 e. The molecule has 1 atom stereocenters. The third-order valence-corrected chi connectivity index (χ3v) is 3.84. The molecule has 0 aliphatic heterocycles. The Morgan fingerprint density at radius 1 is 1.27 bits per heavy atom. The van der Waals surface area contributed by atoms with Gasteiger partial charge < -0.3 is 5.73 Å². The first kappa shape index (κ1) is 10.7. The Morgan fingerprint density at radius 3 is 2.47 bits per heavy atom. The van der Waals surface area contributed by atoms with Gasteiger partial charge in [0.1, 0.15) is 0 Å². The lowest BCUT2D eigenvalue weighted by Gasteiger charge is -1.97. The van der Waals surface area contributed by atoms with Crippen molar-refractivity contribution in [3.8, 4) is 0 Å². The highest BCUT2D eigenvalue weighted by molar-refractivity contribution is 7.11. The summed E-state index contributed by atoms with van der Waals surface area (Å²) in [7, 11) is 0. The molecule has 2 aromatic heterocycles. The first-order valence-corrected chi connectivity index (χ1v) is 6.52. The molecule has 0 bridgehead atoms. The molecule has 5 heteroatoms. The Balaban J connectivity index is 2.11. The van der Waals surface area contributed by atoms with Crippen molar-refractivity contribution in [3.05, 3.63) is 32.2 Å². The molecular weight excluding hydrogens is 226 g/mol. The van der Waals surface area contributed by atoms with Gasteiger partial charge >= 0.3 is 0 Å². The predicted molar refractivity (Wildman–Crippen MR) is 64.4 cm³/mol. The van der Waals surface area contributed by atoms with Gasteiger partial charge in [-0.3, -0.25) is 0 Å². The lowest BCUT2D eigenvalue weighted by molar-refractivity contribution is 0.783. The largest absolute Gasteiger partial charge is 0.323 e. The average molecular weight is 239 g/mol. The molecule has 15 heavy (non-hydrogen) atoms. The highest BCUT2D eigenvalue weighted by atomic mass is 32.1. The molecule has 0 spiro atoms. The van der Waals surface area contributed by atoms with E-state index in [-0.39, 0.29) is 6.04 Å². The van der Waals surface area contributed by atoms with Crippen molar-refractivity contribution in [3.63, 3.8) is 0 Å². The standard InChI is InChI=1S/C10H13N3S2/c1-6-4-14-9(12-6)3-10-13-8(5-15-10)7(2)11/h4-5,7H,3,11H2,1-2H3. The fraction of sp³-hybridized carbons (Fsp3) is 0.400. The van der Waals surface area contributed by atoms with Gasteiger partial charge in [0.05, 0.1) is 22.1 Å². The van der Waals surface area contributed by atoms with Crippen LogP contribution in [0.5, 0.6) is 0 Å². The average Bonchev–Trinajstić information content (AvgIpc) is 2.76. The minimum Gasteiger partial charge on any atom is -0.323 e. The molecule has 80 valence electrons. The molecule has 0 saturated heterocycles.